The van der Waals surface area contributed by atoms with E-state index in [1.807, 2.05) is 29.8 Å². The molecular weight excluding hydrogens is 380 g/mol. The van der Waals surface area contributed by atoms with E-state index >= 15 is 0 Å². The fourth-order valence-corrected chi connectivity index (χ4v) is 3.62. The number of carbonyl (C=O) groups excluding carboxylic acids is 1. The lowest BCUT2D eigenvalue weighted by Gasteiger charge is -2.19. The molecule has 6 nitrogen and oxygen atoms in total. The lowest BCUT2D eigenvalue weighted by atomic mass is 10.0. The minimum absolute atomic E-state index is 0.101. The number of hydrogen-bond acceptors (Lipinski definition) is 4. The maximum Gasteiger partial charge on any atom is 0.225 e. The van der Waals surface area contributed by atoms with Gasteiger partial charge in [-0.2, -0.15) is 0 Å². The summed E-state index contributed by atoms with van der Waals surface area (Å²) in [5.41, 5.74) is 1.71. The molecule has 0 spiro atoms. The summed E-state index contributed by atoms with van der Waals surface area (Å²) in [5, 5.41) is 3.58. The lowest BCUT2D eigenvalue weighted by molar-refractivity contribution is -0.116. The summed E-state index contributed by atoms with van der Waals surface area (Å²) < 4.78 is 12.6. The number of anilines is 1. The molecule has 0 aliphatic rings. The first-order valence-electron chi connectivity index (χ1n) is 10.2. The van der Waals surface area contributed by atoms with Crippen molar-refractivity contribution in [2.75, 3.05) is 19.5 Å². The first-order chi connectivity index (χ1) is 14.5. The summed E-state index contributed by atoms with van der Waals surface area (Å²) in [7, 11) is 4.97. The molecule has 3 rings (SSSR count). The number of hydrogen-bond donors (Lipinski definition) is 1. The van der Waals surface area contributed by atoms with Crippen LogP contribution in [-0.4, -0.2) is 24.7 Å². The Balaban J connectivity index is 2.20. The van der Waals surface area contributed by atoms with Crippen molar-refractivity contribution >= 4 is 22.6 Å². The number of nitrogens with one attached hydrogen (secondary N) is 1. The summed E-state index contributed by atoms with van der Waals surface area (Å²) in [5.74, 6) is 1.47. The largest absolute Gasteiger partial charge is 0.493 e. The van der Waals surface area contributed by atoms with Gasteiger partial charge in [0.05, 0.1) is 25.3 Å². The van der Waals surface area contributed by atoms with Gasteiger partial charge in [-0.3, -0.25) is 9.59 Å². The molecule has 30 heavy (non-hydrogen) atoms. The Bertz CT molecular complexity index is 1120. The molecule has 1 aromatic heterocycles. The number of amides is 1. The summed E-state index contributed by atoms with van der Waals surface area (Å²) >= 11 is 0. The fourth-order valence-electron chi connectivity index (χ4n) is 3.62. The molecule has 1 N–H and O–H groups in total. The second-order valence-electron chi connectivity index (χ2n) is 7.20. The third-order valence-corrected chi connectivity index (χ3v) is 5.25. The Morgan fingerprint density at radius 1 is 1.03 bits per heavy atom. The summed E-state index contributed by atoms with van der Waals surface area (Å²) in [6, 6.07) is 12.7. The fraction of sp³-hybridized carbons (Fsp3) is 0.333. The summed E-state index contributed by atoms with van der Waals surface area (Å²) in [6.07, 6.45) is 3.26. The average Bonchev–Trinajstić information content (AvgIpc) is 2.77. The van der Waals surface area contributed by atoms with Crippen molar-refractivity contribution in [3.63, 3.8) is 0 Å². The van der Waals surface area contributed by atoms with Crippen LogP contribution >= 0.6 is 0 Å². The predicted molar refractivity (Wildman–Crippen MR) is 121 cm³/mol. The highest BCUT2D eigenvalue weighted by Crippen LogP contribution is 2.35. The van der Waals surface area contributed by atoms with E-state index in [2.05, 4.69) is 12.2 Å². The van der Waals surface area contributed by atoms with Crippen LogP contribution in [0.4, 0.5) is 5.82 Å². The quantitative estimate of drug-likeness (QED) is 0.547. The number of para-hydroxylation sites is 1. The molecule has 0 atom stereocenters. The molecule has 0 saturated carbocycles. The molecule has 2 aromatic carbocycles. The van der Waals surface area contributed by atoms with Gasteiger partial charge in [0.2, 0.25) is 5.91 Å². The Hall–Kier alpha value is -3.28. The van der Waals surface area contributed by atoms with Crippen LogP contribution in [0.1, 0.15) is 32.6 Å². The smallest absolute Gasteiger partial charge is 0.225 e. The lowest BCUT2D eigenvalue weighted by Crippen LogP contribution is -2.21. The van der Waals surface area contributed by atoms with Crippen molar-refractivity contribution in [1.82, 2.24) is 4.57 Å². The van der Waals surface area contributed by atoms with Crippen molar-refractivity contribution in [3.05, 3.63) is 52.7 Å². The van der Waals surface area contributed by atoms with Crippen LogP contribution in [0, 0.1) is 0 Å². The van der Waals surface area contributed by atoms with Gasteiger partial charge >= 0.3 is 0 Å². The number of methoxy groups -OCH3 is 2. The van der Waals surface area contributed by atoms with Crippen LogP contribution in [0.3, 0.4) is 0 Å². The monoisotopic (exact) mass is 408 g/mol. The molecule has 0 radical (unpaired) electrons. The zero-order valence-electron chi connectivity index (χ0n) is 18.0. The number of ether oxygens (including phenoxy) is 2. The van der Waals surface area contributed by atoms with Gasteiger partial charge in [-0.25, -0.2) is 0 Å². The van der Waals surface area contributed by atoms with Gasteiger partial charge < -0.3 is 19.4 Å². The van der Waals surface area contributed by atoms with E-state index in [1.54, 1.807) is 38.5 Å². The number of benzene rings is 2. The third-order valence-electron chi connectivity index (χ3n) is 5.25. The Kier molecular flexibility index (Phi) is 6.77. The Morgan fingerprint density at radius 3 is 2.47 bits per heavy atom. The highest BCUT2D eigenvalue weighted by atomic mass is 16.5. The first kappa shape index (κ1) is 21.4. The van der Waals surface area contributed by atoms with Crippen molar-refractivity contribution < 1.29 is 14.3 Å². The topological polar surface area (TPSA) is 69.6 Å². The van der Waals surface area contributed by atoms with Gasteiger partial charge in [0, 0.05) is 18.9 Å². The van der Waals surface area contributed by atoms with Crippen molar-refractivity contribution in [2.45, 2.75) is 32.6 Å². The molecule has 158 valence electrons. The van der Waals surface area contributed by atoms with E-state index in [0.717, 1.165) is 24.8 Å². The predicted octanol–water partition coefficient (Wildman–Crippen LogP) is 4.74. The molecular formula is C24H28N2O4. The van der Waals surface area contributed by atoms with Gasteiger partial charge in [0.1, 0.15) is 5.82 Å². The minimum atomic E-state index is -0.139. The molecule has 1 amide bonds. The van der Waals surface area contributed by atoms with E-state index in [0.29, 0.717) is 40.3 Å². The summed E-state index contributed by atoms with van der Waals surface area (Å²) in [6.45, 7) is 2.10. The number of aromatic nitrogens is 1. The molecule has 1 heterocycles. The highest BCUT2D eigenvalue weighted by Gasteiger charge is 2.20. The molecule has 0 unspecified atom stereocenters. The normalized spacial score (nSPS) is 10.8. The molecule has 0 bridgehead atoms. The number of fused-ring (bicyclic) bond motifs is 1. The number of carbonyl (C=O) groups is 1. The van der Waals surface area contributed by atoms with Crippen molar-refractivity contribution in [3.8, 4) is 22.6 Å². The Labute approximate surface area is 176 Å². The van der Waals surface area contributed by atoms with Crippen LogP contribution in [0.15, 0.2) is 47.3 Å². The van der Waals surface area contributed by atoms with Gasteiger partial charge in [-0.05, 0) is 36.2 Å². The second kappa shape index (κ2) is 9.48. The van der Waals surface area contributed by atoms with Crippen LogP contribution in [0.5, 0.6) is 11.5 Å². The standard InChI is InChI=1S/C24H28N2O4/c1-5-6-7-12-21(27)25-24-22(16-13-14-19(29-3)20(15-16)30-4)23(28)17-10-8-9-11-18(17)26(24)2/h8-11,13-15H,5-7,12H2,1-4H3,(H,25,27). The zero-order valence-corrected chi connectivity index (χ0v) is 18.0. The van der Waals surface area contributed by atoms with Crippen LogP contribution in [-0.2, 0) is 11.8 Å². The van der Waals surface area contributed by atoms with Crippen molar-refractivity contribution in [1.29, 1.82) is 0 Å². The van der Waals surface area contributed by atoms with Gasteiger partial charge in [0.25, 0.3) is 0 Å². The van der Waals surface area contributed by atoms with E-state index in [9.17, 15) is 9.59 Å². The average molecular weight is 408 g/mol. The minimum Gasteiger partial charge on any atom is -0.493 e. The molecule has 3 aromatic rings. The third kappa shape index (κ3) is 4.17. The molecule has 0 aliphatic carbocycles. The zero-order chi connectivity index (χ0) is 21.7. The van der Waals surface area contributed by atoms with Crippen molar-refractivity contribution in [2.24, 2.45) is 7.05 Å². The van der Waals surface area contributed by atoms with E-state index in [4.69, 9.17) is 9.47 Å². The SMILES string of the molecule is CCCCCC(=O)Nc1c(-c2ccc(OC)c(OC)c2)c(=O)c2ccccc2n1C. The van der Waals surface area contributed by atoms with E-state index in [1.165, 1.54) is 0 Å². The van der Waals surface area contributed by atoms with E-state index in [-0.39, 0.29) is 11.3 Å². The van der Waals surface area contributed by atoms with E-state index < -0.39 is 0 Å². The van der Waals surface area contributed by atoms with Gasteiger partial charge in [-0.15, -0.1) is 0 Å². The van der Waals surface area contributed by atoms with Crippen LogP contribution in [0.25, 0.3) is 22.0 Å². The molecule has 6 heteroatoms. The maximum absolute atomic E-state index is 13.5. The number of unbranched alkanes of at least 4 members (excludes halogenated alkanes) is 2. The molecule has 0 fully saturated rings. The number of nitrogens with zero attached hydrogens (tertiary/aromatic N) is 1. The number of aryl methyl sites for hydroxylation is 1. The number of pyridine rings is 1. The summed E-state index contributed by atoms with van der Waals surface area (Å²) in [4.78, 5) is 26.1. The molecule has 0 aliphatic heterocycles. The van der Waals surface area contributed by atoms with Crippen LogP contribution < -0.4 is 20.2 Å². The Morgan fingerprint density at radius 2 is 1.77 bits per heavy atom. The molecule has 0 saturated heterocycles. The van der Waals surface area contributed by atoms with Gasteiger partial charge in [0.15, 0.2) is 16.9 Å². The second-order valence-corrected chi connectivity index (χ2v) is 7.20. The van der Waals surface area contributed by atoms with Crippen LogP contribution in [0.2, 0.25) is 0 Å². The maximum atomic E-state index is 13.5. The highest BCUT2D eigenvalue weighted by molar-refractivity contribution is 5.98. The number of rotatable bonds is 8. The van der Waals surface area contributed by atoms with Gasteiger partial charge in [-0.1, -0.05) is 38.0 Å². The first-order valence-corrected chi connectivity index (χ1v) is 10.2.